The van der Waals surface area contributed by atoms with Gasteiger partial charge < -0.3 is 15.8 Å². The lowest BCUT2D eigenvalue weighted by Gasteiger charge is -2.51. The Balaban J connectivity index is 2.91. The molecule has 1 fully saturated rings. The number of hydrogen-bond acceptors (Lipinski definition) is 3. The van der Waals surface area contributed by atoms with Crippen molar-refractivity contribution in [2.24, 2.45) is 16.6 Å². The highest BCUT2D eigenvalue weighted by molar-refractivity contribution is 5.85. The number of primary amides is 1. The summed E-state index contributed by atoms with van der Waals surface area (Å²) in [6.07, 6.45) is 2.70. The summed E-state index contributed by atoms with van der Waals surface area (Å²) in [7, 11) is 1.66. The minimum absolute atomic E-state index is 0.122. The Morgan fingerprint density at radius 1 is 1.17 bits per heavy atom. The SMILES string of the molecule is COCCNC1(C(N)=O)CC(C)(C)CC(C)(C)C1. The molecule has 3 N–H and O–H groups in total. The molecular formula is C14H28N2O2. The second-order valence-electron chi connectivity index (χ2n) is 7.22. The molecule has 0 bridgehead atoms. The Morgan fingerprint density at radius 2 is 1.67 bits per heavy atom. The number of carbonyl (C=O) groups is 1. The van der Waals surface area contributed by atoms with E-state index >= 15 is 0 Å². The molecule has 0 aliphatic heterocycles. The van der Waals surface area contributed by atoms with Crippen LogP contribution in [0, 0.1) is 10.8 Å². The van der Waals surface area contributed by atoms with Gasteiger partial charge >= 0.3 is 0 Å². The molecule has 1 aliphatic rings. The van der Waals surface area contributed by atoms with Gasteiger partial charge in [0.2, 0.25) is 5.91 Å². The van der Waals surface area contributed by atoms with Crippen LogP contribution in [0.1, 0.15) is 47.0 Å². The smallest absolute Gasteiger partial charge is 0.237 e. The standard InChI is InChI=1S/C14H28N2O2/c1-12(2)8-13(3,4)10-14(9-12,11(15)17)16-6-7-18-5/h16H,6-10H2,1-5H3,(H2,15,17). The normalized spacial score (nSPS) is 24.7. The minimum Gasteiger partial charge on any atom is -0.383 e. The molecule has 1 saturated carbocycles. The maximum Gasteiger partial charge on any atom is 0.237 e. The molecule has 0 atom stereocenters. The van der Waals surface area contributed by atoms with E-state index < -0.39 is 5.54 Å². The molecule has 0 radical (unpaired) electrons. The third-order valence-corrected chi connectivity index (χ3v) is 3.76. The molecule has 0 saturated heterocycles. The molecular weight excluding hydrogens is 228 g/mol. The van der Waals surface area contributed by atoms with Gasteiger partial charge in [0.1, 0.15) is 0 Å². The van der Waals surface area contributed by atoms with Gasteiger partial charge in [0, 0.05) is 13.7 Å². The Kier molecular flexibility index (Phi) is 4.44. The number of rotatable bonds is 5. The second-order valence-corrected chi connectivity index (χ2v) is 7.22. The third kappa shape index (κ3) is 3.69. The van der Waals surface area contributed by atoms with Crippen molar-refractivity contribution in [2.45, 2.75) is 52.5 Å². The highest BCUT2D eigenvalue weighted by Crippen LogP contribution is 2.49. The van der Waals surface area contributed by atoms with Crippen molar-refractivity contribution in [2.75, 3.05) is 20.3 Å². The minimum atomic E-state index is -0.593. The van der Waals surface area contributed by atoms with Crippen LogP contribution >= 0.6 is 0 Å². The fourth-order valence-corrected chi connectivity index (χ4v) is 3.90. The van der Waals surface area contributed by atoms with Crippen molar-refractivity contribution in [1.29, 1.82) is 0 Å². The quantitative estimate of drug-likeness (QED) is 0.736. The summed E-state index contributed by atoms with van der Waals surface area (Å²) in [5, 5.41) is 3.35. The van der Waals surface area contributed by atoms with Crippen molar-refractivity contribution in [3.8, 4) is 0 Å². The van der Waals surface area contributed by atoms with Crippen LogP contribution in [0.4, 0.5) is 0 Å². The summed E-state index contributed by atoms with van der Waals surface area (Å²) < 4.78 is 5.05. The first kappa shape index (κ1) is 15.4. The fourth-order valence-electron chi connectivity index (χ4n) is 3.90. The van der Waals surface area contributed by atoms with Crippen molar-refractivity contribution in [1.82, 2.24) is 5.32 Å². The zero-order valence-electron chi connectivity index (χ0n) is 12.4. The zero-order chi connectivity index (χ0) is 14.0. The van der Waals surface area contributed by atoms with Crippen molar-refractivity contribution < 1.29 is 9.53 Å². The van der Waals surface area contributed by atoms with E-state index in [1.165, 1.54) is 0 Å². The van der Waals surface area contributed by atoms with Gasteiger partial charge in [-0.1, -0.05) is 27.7 Å². The molecule has 106 valence electrons. The topological polar surface area (TPSA) is 64.3 Å². The average molecular weight is 256 g/mol. The lowest BCUT2D eigenvalue weighted by Crippen LogP contribution is -2.62. The lowest BCUT2D eigenvalue weighted by atomic mass is 9.58. The highest BCUT2D eigenvalue weighted by atomic mass is 16.5. The van der Waals surface area contributed by atoms with E-state index in [2.05, 4.69) is 33.0 Å². The number of carbonyl (C=O) groups excluding carboxylic acids is 1. The molecule has 0 aromatic rings. The first-order chi connectivity index (χ1) is 8.13. The summed E-state index contributed by atoms with van der Waals surface area (Å²) in [4.78, 5) is 12.0. The van der Waals surface area contributed by atoms with Crippen LogP contribution in [0.5, 0.6) is 0 Å². The molecule has 0 aromatic carbocycles. The van der Waals surface area contributed by atoms with E-state index in [0.29, 0.717) is 13.2 Å². The van der Waals surface area contributed by atoms with Gasteiger partial charge in [0.25, 0.3) is 0 Å². The number of hydrogen-bond donors (Lipinski definition) is 2. The summed E-state index contributed by atoms with van der Waals surface area (Å²) in [5.74, 6) is -0.237. The molecule has 18 heavy (non-hydrogen) atoms. The van der Waals surface area contributed by atoms with Gasteiger partial charge in [-0.3, -0.25) is 4.79 Å². The molecule has 0 spiro atoms. The fraction of sp³-hybridized carbons (Fsp3) is 0.929. The number of nitrogens with two attached hydrogens (primary N) is 1. The monoisotopic (exact) mass is 256 g/mol. The van der Waals surface area contributed by atoms with Crippen LogP contribution in [0.2, 0.25) is 0 Å². The van der Waals surface area contributed by atoms with Gasteiger partial charge in [-0.15, -0.1) is 0 Å². The first-order valence-corrected chi connectivity index (χ1v) is 6.66. The Morgan fingerprint density at radius 3 is 2.06 bits per heavy atom. The number of methoxy groups -OCH3 is 1. The van der Waals surface area contributed by atoms with Gasteiger partial charge in [-0.05, 0) is 30.1 Å². The summed E-state index contributed by atoms with van der Waals surface area (Å²) in [5.41, 5.74) is 5.33. The van der Waals surface area contributed by atoms with E-state index in [0.717, 1.165) is 19.3 Å². The van der Waals surface area contributed by atoms with Crippen LogP contribution in [-0.2, 0) is 9.53 Å². The van der Waals surface area contributed by atoms with Crippen LogP contribution < -0.4 is 11.1 Å². The molecule has 4 nitrogen and oxygen atoms in total. The van der Waals surface area contributed by atoms with E-state index in [4.69, 9.17) is 10.5 Å². The van der Waals surface area contributed by atoms with Crippen molar-refractivity contribution in [3.05, 3.63) is 0 Å². The van der Waals surface area contributed by atoms with Crippen LogP contribution in [0.15, 0.2) is 0 Å². The maximum absolute atomic E-state index is 12.0. The Hall–Kier alpha value is -0.610. The molecule has 4 heteroatoms. The van der Waals surface area contributed by atoms with Gasteiger partial charge in [0.15, 0.2) is 0 Å². The second kappa shape index (κ2) is 5.17. The molecule has 1 amide bonds. The molecule has 1 aliphatic carbocycles. The number of nitrogens with one attached hydrogen (secondary N) is 1. The summed E-state index contributed by atoms with van der Waals surface area (Å²) in [6, 6.07) is 0. The van der Waals surface area contributed by atoms with E-state index in [9.17, 15) is 4.79 Å². The molecule has 1 rings (SSSR count). The Labute approximate surface area is 111 Å². The average Bonchev–Trinajstić information content (AvgIpc) is 2.12. The largest absolute Gasteiger partial charge is 0.383 e. The number of ether oxygens (including phenoxy) is 1. The van der Waals surface area contributed by atoms with Gasteiger partial charge in [0.05, 0.1) is 12.1 Å². The van der Waals surface area contributed by atoms with Gasteiger partial charge in [-0.25, -0.2) is 0 Å². The number of amides is 1. The summed E-state index contributed by atoms with van der Waals surface area (Å²) >= 11 is 0. The first-order valence-electron chi connectivity index (χ1n) is 6.66. The van der Waals surface area contributed by atoms with Crippen molar-refractivity contribution >= 4 is 5.91 Å². The van der Waals surface area contributed by atoms with Crippen LogP contribution in [0.25, 0.3) is 0 Å². The predicted molar refractivity (Wildman–Crippen MR) is 73.2 cm³/mol. The van der Waals surface area contributed by atoms with Crippen molar-refractivity contribution in [3.63, 3.8) is 0 Å². The Bertz CT molecular complexity index is 295. The van der Waals surface area contributed by atoms with E-state index in [-0.39, 0.29) is 16.7 Å². The molecule has 0 unspecified atom stereocenters. The van der Waals surface area contributed by atoms with E-state index in [1.807, 2.05) is 0 Å². The zero-order valence-corrected chi connectivity index (χ0v) is 12.4. The molecule has 0 heterocycles. The summed E-state index contributed by atoms with van der Waals surface area (Å²) in [6.45, 7) is 10.1. The molecule has 0 aromatic heterocycles. The van der Waals surface area contributed by atoms with E-state index in [1.54, 1.807) is 7.11 Å². The third-order valence-electron chi connectivity index (χ3n) is 3.76. The van der Waals surface area contributed by atoms with Gasteiger partial charge in [-0.2, -0.15) is 0 Å². The predicted octanol–water partition coefficient (Wildman–Crippen LogP) is 1.68. The van der Waals surface area contributed by atoms with Crippen LogP contribution in [-0.4, -0.2) is 31.7 Å². The lowest BCUT2D eigenvalue weighted by molar-refractivity contribution is -0.130. The maximum atomic E-state index is 12.0. The van der Waals surface area contributed by atoms with Crippen LogP contribution in [0.3, 0.4) is 0 Å². The highest BCUT2D eigenvalue weighted by Gasteiger charge is 2.50.